The monoisotopic (exact) mass is 336 g/mol. The molecule has 118 valence electrons. The number of carbonyl (C=O) groups excluding carboxylic acids is 1. The summed E-state index contributed by atoms with van der Waals surface area (Å²) in [4.78, 5) is 13.0. The Morgan fingerprint density at radius 1 is 1.27 bits per heavy atom. The van der Waals surface area contributed by atoms with E-state index < -0.39 is 5.60 Å². The summed E-state index contributed by atoms with van der Waals surface area (Å²) in [5, 5.41) is 19.6. The Bertz CT molecular complexity index is 595. The van der Waals surface area contributed by atoms with Gasteiger partial charge in [-0.1, -0.05) is 12.1 Å². The van der Waals surface area contributed by atoms with Crippen LogP contribution in [0.5, 0.6) is 0 Å². The van der Waals surface area contributed by atoms with Crippen LogP contribution in [-0.4, -0.2) is 23.9 Å². The van der Waals surface area contributed by atoms with Crippen molar-refractivity contribution < 1.29 is 9.90 Å². The van der Waals surface area contributed by atoms with Crippen LogP contribution in [0.2, 0.25) is 0 Å². The molecule has 0 bridgehead atoms. The summed E-state index contributed by atoms with van der Waals surface area (Å²) in [7, 11) is 0. The van der Waals surface area contributed by atoms with Gasteiger partial charge in [0.15, 0.2) is 0 Å². The van der Waals surface area contributed by atoms with E-state index in [-0.39, 0.29) is 12.6 Å². The lowest BCUT2D eigenvalue weighted by Crippen LogP contribution is -2.43. The van der Waals surface area contributed by atoms with Crippen LogP contribution in [-0.2, 0) is 12.1 Å². The van der Waals surface area contributed by atoms with E-state index in [2.05, 4.69) is 10.6 Å². The molecule has 1 heterocycles. The molecule has 2 rings (SSSR count). The summed E-state index contributed by atoms with van der Waals surface area (Å²) in [6, 6.07) is 9.62. The van der Waals surface area contributed by atoms with E-state index in [0.29, 0.717) is 6.54 Å². The molecule has 22 heavy (non-hydrogen) atoms. The van der Waals surface area contributed by atoms with Gasteiger partial charge in [-0.3, -0.25) is 0 Å². The SMILES string of the molecule is CSc1ccc(CNC(=O)NCC(C)(O)c2ccsc2)cc1. The van der Waals surface area contributed by atoms with E-state index >= 15 is 0 Å². The highest BCUT2D eigenvalue weighted by Gasteiger charge is 2.24. The largest absolute Gasteiger partial charge is 0.384 e. The molecule has 3 N–H and O–H groups in total. The molecule has 1 aromatic carbocycles. The zero-order chi connectivity index (χ0) is 16.0. The lowest BCUT2D eigenvalue weighted by molar-refractivity contribution is 0.0598. The average molecular weight is 336 g/mol. The Labute approximate surface area is 138 Å². The van der Waals surface area contributed by atoms with Gasteiger partial charge >= 0.3 is 6.03 Å². The number of urea groups is 1. The topological polar surface area (TPSA) is 61.4 Å². The van der Waals surface area contributed by atoms with Crippen LogP contribution in [0.1, 0.15) is 18.1 Å². The smallest absolute Gasteiger partial charge is 0.315 e. The zero-order valence-corrected chi connectivity index (χ0v) is 14.3. The van der Waals surface area contributed by atoms with Crippen LogP contribution >= 0.6 is 23.1 Å². The molecule has 6 heteroatoms. The minimum Gasteiger partial charge on any atom is -0.384 e. The van der Waals surface area contributed by atoms with Crippen molar-refractivity contribution in [1.82, 2.24) is 10.6 Å². The fourth-order valence-electron chi connectivity index (χ4n) is 1.91. The summed E-state index contributed by atoms with van der Waals surface area (Å²) < 4.78 is 0. The van der Waals surface area contributed by atoms with Gasteiger partial charge < -0.3 is 15.7 Å². The Balaban J connectivity index is 1.78. The van der Waals surface area contributed by atoms with Crippen LogP contribution in [0.3, 0.4) is 0 Å². The second kappa shape index (κ2) is 7.67. The van der Waals surface area contributed by atoms with Gasteiger partial charge in [0, 0.05) is 11.4 Å². The number of rotatable bonds is 6. The first-order valence-electron chi connectivity index (χ1n) is 6.91. The normalized spacial score (nSPS) is 13.4. The van der Waals surface area contributed by atoms with Crippen LogP contribution in [0.25, 0.3) is 0 Å². The maximum Gasteiger partial charge on any atom is 0.315 e. The molecule has 1 aromatic heterocycles. The van der Waals surface area contributed by atoms with Crippen LogP contribution in [0, 0.1) is 0 Å². The number of aliphatic hydroxyl groups is 1. The molecule has 0 aliphatic rings. The third kappa shape index (κ3) is 4.76. The van der Waals surface area contributed by atoms with Crippen molar-refractivity contribution in [3.05, 3.63) is 52.2 Å². The van der Waals surface area contributed by atoms with E-state index in [4.69, 9.17) is 0 Å². The Morgan fingerprint density at radius 2 is 2.00 bits per heavy atom. The fraction of sp³-hybridized carbons (Fsp3) is 0.312. The van der Waals surface area contributed by atoms with E-state index in [1.165, 1.54) is 16.2 Å². The molecule has 1 atom stereocenters. The van der Waals surface area contributed by atoms with E-state index in [1.54, 1.807) is 18.7 Å². The predicted octanol–water partition coefficient (Wildman–Crippen LogP) is 3.18. The van der Waals surface area contributed by atoms with E-state index in [9.17, 15) is 9.90 Å². The molecule has 0 saturated carbocycles. The fourth-order valence-corrected chi connectivity index (χ4v) is 3.10. The highest BCUT2D eigenvalue weighted by atomic mass is 32.2. The molecule has 1 unspecified atom stereocenters. The predicted molar refractivity (Wildman–Crippen MR) is 92.4 cm³/mol. The summed E-state index contributed by atoms with van der Waals surface area (Å²) in [6.07, 6.45) is 2.03. The van der Waals surface area contributed by atoms with Crippen molar-refractivity contribution in [2.24, 2.45) is 0 Å². The second-order valence-electron chi connectivity index (χ2n) is 5.17. The first-order chi connectivity index (χ1) is 10.5. The quantitative estimate of drug-likeness (QED) is 0.710. The van der Waals surface area contributed by atoms with Crippen molar-refractivity contribution in [1.29, 1.82) is 0 Å². The molecule has 0 spiro atoms. The molecule has 0 fully saturated rings. The number of thiophene rings is 1. The van der Waals surface area contributed by atoms with Gasteiger partial charge in [0.25, 0.3) is 0 Å². The molecule has 0 saturated heterocycles. The van der Waals surface area contributed by atoms with Crippen LogP contribution in [0.15, 0.2) is 46.0 Å². The molecular weight excluding hydrogens is 316 g/mol. The molecule has 0 aliphatic heterocycles. The number of amides is 2. The molecule has 4 nitrogen and oxygen atoms in total. The van der Waals surface area contributed by atoms with Gasteiger partial charge in [-0.2, -0.15) is 11.3 Å². The minimum absolute atomic E-state index is 0.168. The third-order valence-electron chi connectivity index (χ3n) is 3.35. The Hall–Kier alpha value is -1.50. The molecular formula is C16H20N2O2S2. The van der Waals surface area contributed by atoms with Crippen LogP contribution < -0.4 is 10.6 Å². The van der Waals surface area contributed by atoms with E-state index in [0.717, 1.165) is 11.1 Å². The van der Waals surface area contributed by atoms with Crippen molar-refractivity contribution >= 4 is 29.1 Å². The van der Waals surface area contributed by atoms with Crippen molar-refractivity contribution in [3.63, 3.8) is 0 Å². The lowest BCUT2D eigenvalue weighted by Gasteiger charge is -2.22. The van der Waals surface area contributed by atoms with Crippen molar-refractivity contribution in [2.75, 3.05) is 12.8 Å². The summed E-state index contributed by atoms with van der Waals surface area (Å²) >= 11 is 3.21. The molecule has 0 aliphatic carbocycles. The number of thioether (sulfide) groups is 1. The summed E-state index contributed by atoms with van der Waals surface area (Å²) in [6.45, 7) is 2.32. The maximum atomic E-state index is 11.8. The number of hydrogen-bond acceptors (Lipinski definition) is 4. The first-order valence-corrected chi connectivity index (χ1v) is 9.08. The van der Waals surface area contributed by atoms with Gasteiger partial charge in [0.1, 0.15) is 5.60 Å². The van der Waals surface area contributed by atoms with Gasteiger partial charge in [0.05, 0.1) is 6.54 Å². The van der Waals surface area contributed by atoms with Gasteiger partial charge in [-0.05, 0) is 53.3 Å². The van der Waals surface area contributed by atoms with Crippen LogP contribution in [0.4, 0.5) is 4.79 Å². The number of benzene rings is 1. The maximum absolute atomic E-state index is 11.8. The molecule has 2 amide bonds. The van der Waals surface area contributed by atoms with Gasteiger partial charge in [0.2, 0.25) is 0 Å². The van der Waals surface area contributed by atoms with Crippen molar-refractivity contribution in [3.8, 4) is 0 Å². The second-order valence-corrected chi connectivity index (χ2v) is 6.83. The van der Waals surface area contributed by atoms with E-state index in [1.807, 2.05) is 47.3 Å². The highest BCUT2D eigenvalue weighted by Crippen LogP contribution is 2.21. The summed E-state index contributed by atoms with van der Waals surface area (Å²) in [5.74, 6) is 0. The summed E-state index contributed by atoms with van der Waals surface area (Å²) in [5.41, 5.74) is 0.792. The van der Waals surface area contributed by atoms with Gasteiger partial charge in [-0.15, -0.1) is 11.8 Å². The minimum atomic E-state index is -1.06. The Morgan fingerprint density at radius 3 is 2.59 bits per heavy atom. The zero-order valence-electron chi connectivity index (χ0n) is 12.6. The molecule has 0 radical (unpaired) electrons. The molecule has 2 aromatic rings. The number of nitrogens with one attached hydrogen (secondary N) is 2. The average Bonchev–Trinajstić information content (AvgIpc) is 3.07. The lowest BCUT2D eigenvalue weighted by atomic mass is 9.99. The number of hydrogen-bond donors (Lipinski definition) is 3. The van der Waals surface area contributed by atoms with Gasteiger partial charge in [-0.25, -0.2) is 4.79 Å². The first kappa shape index (κ1) is 16.9. The highest BCUT2D eigenvalue weighted by molar-refractivity contribution is 7.98. The Kier molecular flexibility index (Phi) is 5.88. The standard InChI is InChI=1S/C16H20N2O2S2/c1-16(20,13-7-8-22-10-13)11-18-15(19)17-9-12-3-5-14(21-2)6-4-12/h3-8,10,20H,9,11H2,1-2H3,(H2,17,18,19). The van der Waals surface area contributed by atoms with Crippen molar-refractivity contribution in [2.45, 2.75) is 24.0 Å². The number of carbonyl (C=O) groups is 1. The third-order valence-corrected chi connectivity index (χ3v) is 4.78.